The molecule has 25 heavy (non-hydrogen) atoms. The summed E-state index contributed by atoms with van der Waals surface area (Å²) in [6.07, 6.45) is 0. The van der Waals surface area contributed by atoms with Gasteiger partial charge in [-0.2, -0.15) is 0 Å². The Hall–Kier alpha value is -3.34. The number of anilines is 3. The van der Waals surface area contributed by atoms with Crippen LogP contribution in [0.15, 0.2) is 72.8 Å². The largest absolute Gasteiger partial charge is 0.497 e. The van der Waals surface area contributed by atoms with E-state index in [0.29, 0.717) is 5.69 Å². The standard InChI is InChI=1S/C20H17FN2O2/c1-25-17-11-9-16(10-12-17)22-18-7-2-3-8-19(18)23-20(24)14-5-4-6-15(21)13-14/h2-13,22H,1H3,(H,23,24). The highest BCUT2D eigenvalue weighted by molar-refractivity contribution is 6.06. The molecule has 126 valence electrons. The molecule has 0 radical (unpaired) electrons. The third-order valence-corrected chi connectivity index (χ3v) is 3.63. The molecule has 0 aliphatic rings. The van der Waals surface area contributed by atoms with Crippen molar-refractivity contribution in [3.63, 3.8) is 0 Å². The first-order valence-corrected chi connectivity index (χ1v) is 7.73. The first-order valence-electron chi connectivity index (χ1n) is 7.73. The smallest absolute Gasteiger partial charge is 0.255 e. The molecule has 0 unspecified atom stereocenters. The van der Waals surface area contributed by atoms with Gasteiger partial charge in [0.05, 0.1) is 18.5 Å². The van der Waals surface area contributed by atoms with E-state index in [1.807, 2.05) is 42.5 Å². The normalized spacial score (nSPS) is 10.2. The topological polar surface area (TPSA) is 50.4 Å². The first-order chi connectivity index (χ1) is 12.2. The highest BCUT2D eigenvalue weighted by Crippen LogP contribution is 2.26. The lowest BCUT2D eigenvalue weighted by Crippen LogP contribution is -2.13. The van der Waals surface area contributed by atoms with Gasteiger partial charge in [0.1, 0.15) is 11.6 Å². The molecule has 3 rings (SSSR count). The average Bonchev–Trinajstić information content (AvgIpc) is 2.64. The SMILES string of the molecule is COc1ccc(Nc2ccccc2NC(=O)c2cccc(F)c2)cc1. The highest BCUT2D eigenvalue weighted by atomic mass is 19.1. The number of halogens is 1. The monoisotopic (exact) mass is 336 g/mol. The van der Waals surface area contributed by atoms with E-state index in [1.165, 1.54) is 18.2 Å². The summed E-state index contributed by atoms with van der Waals surface area (Å²) in [5.74, 6) is -0.0565. The molecule has 5 heteroatoms. The Morgan fingerprint density at radius 3 is 2.32 bits per heavy atom. The zero-order chi connectivity index (χ0) is 17.6. The van der Waals surface area contributed by atoms with E-state index in [9.17, 15) is 9.18 Å². The summed E-state index contributed by atoms with van der Waals surface area (Å²) in [5.41, 5.74) is 2.46. The number of methoxy groups -OCH3 is 1. The molecule has 0 saturated carbocycles. The predicted molar refractivity (Wildman–Crippen MR) is 97.1 cm³/mol. The van der Waals surface area contributed by atoms with Crippen LogP contribution in [0.1, 0.15) is 10.4 Å². The van der Waals surface area contributed by atoms with Crippen LogP contribution < -0.4 is 15.4 Å². The van der Waals surface area contributed by atoms with Crippen LogP contribution in [0.25, 0.3) is 0 Å². The third-order valence-electron chi connectivity index (χ3n) is 3.63. The number of para-hydroxylation sites is 2. The molecule has 0 aliphatic heterocycles. The van der Waals surface area contributed by atoms with Gasteiger partial charge in [-0.1, -0.05) is 18.2 Å². The van der Waals surface area contributed by atoms with Crippen molar-refractivity contribution in [2.24, 2.45) is 0 Å². The van der Waals surface area contributed by atoms with Crippen LogP contribution in [-0.4, -0.2) is 13.0 Å². The Balaban J connectivity index is 1.79. The number of rotatable bonds is 5. The number of ether oxygens (including phenoxy) is 1. The van der Waals surface area contributed by atoms with E-state index in [2.05, 4.69) is 10.6 Å². The van der Waals surface area contributed by atoms with Crippen LogP contribution in [0.5, 0.6) is 5.75 Å². The molecule has 0 fully saturated rings. The molecule has 3 aromatic rings. The Kier molecular flexibility index (Phi) is 4.95. The van der Waals surface area contributed by atoms with Crippen LogP contribution in [0.4, 0.5) is 21.5 Å². The minimum absolute atomic E-state index is 0.263. The van der Waals surface area contributed by atoms with Gasteiger partial charge >= 0.3 is 0 Å². The van der Waals surface area contributed by atoms with E-state index in [1.54, 1.807) is 19.2 Å². The van der Waals surface area contributed by atoms with E-state index in [4.69, 9.17) is 4.74 Å². The lowest BCUT2D eigenvalue weighted by Gasteiger charge is -2.13. The fourth-order valence-corrected chi connectivity index (χ4v) is 2.36. The van der Waals surface area contributed by atoms with Crippen molar-refractivity contribution in [3.05, 3.63) is 84.2 Å². The first kappa shape index (κ1) is 16.5. The molecule has 0 atom stereocenters. The number of carbonyl (C=O) groups excluding carboxylic acids is 1. The lowest BCUT2D eigenvalue weighted by atomic mass is 10.2. The fraction of sp³-hybridized carbons (Fsp3) is 0.0500. The van der Waals surface area contributed by atoms with Crippen LogP contribution in [0.3, 0.4) is 0 Å². The lowest BCUT2D eigenvalue weighted by molar-refractivity contribution is 0.102. The van der Waals surface area contributed by atoms with Crippen molar-refractivity contribution in [2.45, 2.75) is 0 Å². The minimum atomic E-state index is -0.447. The van der Waals surface area contributed by atoms with Gasteiger partial charge in [0.2, 0.25) is 0 Å². The summed E-state index contributed by atoms with van der Waals surface area (Å²) >= 11 is 0. The summed E-state index contributed by atoms with van der Waals surface area (Å²) < 4.78 is 18.4. The average molecular weight is 336 g/mol. The van der Waals surface area contributed by atoms with Crippen molar-refractivity contribution >= 4 is 23.0 Å². The molecule has 0 heterocycles. The Morgan fingerprint density at radius 2 is 1.64 bits per heavy atom. The van der Waals surface area contributed by atoms with E-state index in [-0.39, 0.29) is 11.5 Å². The van der Waals surface area contributed by atoms with Crippen LogP contribution in [0.2, 0.25) is 0 Å². The maximum absolute atomic E-state index is 13.3. The Morgan fingerprint density at radius 1 is 0.920 bits per heavy atom. The van der Waals surface area contributed by atoms with Crippen LogP contribution in [0, 0.1) is 5.82 Å². The number of carbonyl (C=O) groups is 1. The van der Waals surface area contributed by atoms with Gasteiger partial charge < -0.3 is 15.4 Å². The second kappa shape index (κ2) is 7.49. The minimum Gasteiger partial charge on any atom is -0.497 e. The van der Waals surface area contributed by atoms with Gasteiger partial charge in [-0.25, -0.2) is 4.39 Å². The third kappa shape index (κ3) is 4.14. The summed E-state index contributed by atoms with van der Waals surface area (Å²) in [6, 6.07) is 20.3. The summed E-state index contributed by atoms with van der Waals surface area (Å²) in [7, 11) is 1.61. The van der Waals surface area contributed by atoms with Crippen LogP contribution in [-0.2, 0) is 0 Å². The van der Waals surface area contributed by atoms with E-state index in [0.717, 1.165) is 17.1 Å². The molecule has 0 saturated heterocycles. The van der Waals surface area contributed by atoms with E-state index >= 15 is 0 Å². The second-order valence-corrected chi connectivity index (χ2v) is 5.36. The summed E-state index contributed by atoms with van der Waals surface area (Å²) in [6.45, 7) is 0. The molecule has 1 amide bonds. The molecular weight excluding hydrogens is 319 g/mol. The summed E-state index contributed by atoms with van der Waals surface area (Å²) in [4.78, 5) is 12.3. The molecule has 3 aromatic carbocycles. The van der Waals surface area contributed by atoms with Crippen molar-refractivity contribution in [1.29, 1.82) is 0 Å². The maximum atomic E-state index is 13.3. The van der Waals surface area contributed by atoms with Gasteiger partial charge in [-0.3, -0.25) is 4.79 Å². The molecule has 0 aliphatic carbocycles. The fourth-order valence-electron chi connectivity index (χ4n) is 2.36. The van der Waals surface area contributed by atoms with Crippen molar-refractivity contribution < 1.29 is 13.9 Å². The maximum Gasteiger partial charge on any atom is 0.255 e. The van der Waals surface area contributed by atoms with Gasteiger partial charge in [-0.15, -0.1) is 0 Å². The molecule has 4 nitrogen and oxygen atoms in total. The molecule has 0 spiro atoms. The van der Waals surface area contributed by atoms with Crippen molar-refractivity contribution in [1.82, 2.24) is 0 Å². The molecule has 0 aromatic heterocycles. The summed E-state index contributed by atoms with van der Waals surface area (Å²) in [5, 5.41) is 6.05. The number of benzene rings is 3. The second-order valence-electron chi connectivity index (χ2n) is 5.36. The predicted octanol–water partition coefficient (Wildman–Crippen LogP) is 4.83. The quantitative estimate of drug-likeness (QED) is 0.701. The number of nitrogens with one attached hydrogen (secondary N) is 2. The molecule has 0 bridgehead atoms. The number of hydrogen-bond donors (Lipinski definition) is 2. The van der Waals surface area contributed by atoms with Gasteiger partial charge in [-0.05, 0) is 54.6 Å². The number of amides is 1. The molecule has 2 N–H and O–H groups in total. The zero-order valence-corrected chi connectivity index (χ0v) is 13.6. The van der Waals surface area contributed by atoms with Gasteiger partial charge in [0.25, 0.3) is 5.91 Å². The van der Waals surface area contributed by atoms with Crippen LogP contribution >= 0.6 is 0 Å². The number of hydrogen-bond acceptors (Lipinski definition) is 3. The van der Waals surface area contributed by atoms with Gasteiger partial charge in [0, 0.05) is 11.3 Å². The van der Waals surface area contributed by atoms with Crippen molar-refractivity contribution in [2.75, 3.05) is 17.7 Å². The zero-order valence-electron chi connectivity index (χ0n) is 13.6. The highest BCUT2D eigenvalue weighted by Gasteiger charge is 2.10. The van der Waals surface area contributed by atoms with E-state index < -0.39 is 5.82 Å². The Labute approximate surface area is 145 Å². The van der Waals surface area contributed by atoms with Gasteiger partial charge in [0.15, 0.2) is 0 Å². The Bertz CT molecular complexity index is 879. The molecular formula is C20H17FN2O2. The van der Waals surface area contributed by atoms with Crippen molar-refractivity contribution in [3.8, 4) is 5.75 Å².